The molecule has 1 N–H and O–H groups in total. The predicted octanol–water partition coefficient (Wildman–Crippen LogP) is 4.51. The van der Waals surface area contributed by atoms with Crippen molar-refractivity contribution < 1.29 is 13.2 Å². The van der Waals surface area contributed by atoms with Gasteiger partial charge >= 0.3 is 0 Å². The van der Waals surface area contributed by atoms with Crippen molar-refractivity contribution in [3.05, 3.63) is 59.2 Å². The van der Waals surface area contributed by atoms with Crippen LogP contribution in [0.15, 0.2) is 47.4 Å². The zero-order valence-corrected chi connectivity index (χ0v) is 17.4. The molecule has 0 atom stereocenters. The van der Waals surface area contributed by atoms with E-state index < -0.39 is 10.0 Å². The number of likely N-dealkylation sites (tertiary alicyclic amines) is 1. The lowest BCUT2D eigenvalue weighted by Crippen LogP contribution is -2.34. The van der Waals surface area contributed by atoms with Gasteiger partial charge < -0.3 is 4.90 Å². The molecule has 0 aromatic heterocycles. The minimum absolute atomic E-state index is 0.0768. The van der Waals surface area contributed by atoms with Gasteiger partial charge in [0, 0.05) is 24.3 Å². The van der Waals surface area contributed by atoms with Crippen LogP contribution in [0.5, 0.6) is 0 Å². The highest BCUT2D eigenvalue weighted by Gasteiger charge is 2.22. The highest BCUT2D eigenvalue weighted by atomic mass is 32.2. The third kappa shape index (κ3) is 4.93. The van der Waals surface area contributed by atoms with Crippen molar-refractivity contribution in [3.63, 3.8) is 0 Å². The molecule has 0 unspecified atom stereocenters. The quantitative estimate of drug-likeness (QED) is 0.821. The maximum absolute atomic E-state index is 13.1. The molecule has 2 aromatic rings. The molecule has 0 bridgehead atoms. The fraction of sp³-hybridized carbons (Fsp3) is 0.409. The number of anilines is 1. The standard InChI is InChI=1S/C22H28N2O3S/c1-17-9-8-10-19(15-17)23-28(26,27)20-12-11-18(2)21(16-20)22(25)24-13-6-4-3-5-7-14-24/h8-12,15-16,23H,3-7,13-14H2,1-2H3. The van der Waals surface area contributed by atoms with Crippen molar-refractivity contribution in [2.75, 3.05) is 17.8 Å². The second-order valence-corrected chi connectivity index (χ2v) is 9.19. The molecule has 28 heavy (non-hydrogen) atoms. The summed E-state index contributed by atoms with van der Waals surface area (Å²) < 4.78 is 28.3. The van der Waals surface area contributed by atoms with Gasteiger partial charge in [-0.15, -0.1) is 0 Å². The number of nitrogens with one attached hydrogen (secondary N) is 1. The van der Waals surface area contributed by atoms with E-state index in [0.29, 0.717) is 11.3 Å². The zero-order valence-electron chi connectivity index (χ0n) is 16.6. The van der Waals surface area contributed by atoms with E-state index in [1.165, 1.54) is 12.5 Å². The van der Waals surface area contributed by atoms with Crippen LogP contribution in [0.25, 0.3) is 0 Å². The van der Waals surface area contributed by atoms with E-state index in [-0.39, 0.29) is 10.8 Å². The topological polar surface area (TPSA) is 66.5 Å². The molecule has 1 fully saturated rings. The smallest absolute Gasteiger partial charge is 0.261 e. The van der Waals surface area contributed by atoms with E-state index in [9.17, 15) is 13.2 Å². The van der Waals surface area contributed by atoms with Gasteiger partial charge in [0.2, 0.25) is 0 Å². The van der Waals surface area contributed by atoms with Gasteiger partial charge in [-0.05, 0) is 62.1 Å². The molecule has 1 aliphatic heterocycles. The van der Waals surface area contributed by atoms with Gasteiger partial charge in [0.15, 0.2) is 0 Å². The number of amides is 1. The van der Waals surface area contributed by atoms with E-state index in [2.05, 4.69) is 4.72 Å². The van der Waals surface area contributed by atoms with E-state index >= 15 is 0 Å². The average Bonchev–Trinajstić information content (AvgIpc) is 2.61. The molecule has 0 radical (unpaired) electrons. The van der Waals surface area contributed by atoms with Gasteiger partial charge in [-0.1, -0.05) is 37.5 Å². The van der Waals surface area contributed by atoms with Crippen molar-refractivity contribution in [3.8, 4) is 0 Å². The predicted molar refractivity (Wildman–Crippen MR) is 112 cm³/mol. The Bertz CT molecular complexity index is 946. The molecule has 150 valence electrons. The molecule has 2 aromatic carbocycles. The lowest BCUT2D eigenvalue weighted by Gasteiger charge is -2.25. The molecule has 1 heterocycles. The third-order valence-corrected chi connectivity index (χ3v) is 6.54. The normalized spacial score (nSPS) is 15.6. The van der Waals surface area contributed by atoms with Crippen LogP contribution >= 0.6 is 0 Å². The molecule has 0 spiro atoms. The fourth-order valence-corrected chi connectivity index (χ4v) is 4.62. The maximum Gasteiger partial charge on any atom is 0.261 e. The fourth-order valence-electron chi connectivity index (χ4n) is 3.54. The van der Waals surface area contributed by atoms with Gasteiger partial charge in [0.25, 0.3) is 15.9 Å². The number of rotatable bonds is 4. The summed E-state index contributed by atoms with van der Waals surface area (Å²) in [5, 5.41) is 0. The lowest BCUT2D eigenvalue weighted by atomic mass is 10.0. The molecule has 6 heteroatoms. The summed E-state index contributed by atoms with van der Waals surface area (Å²) >= 11 is 0. The van der Waals surface area contributed by atoms with Gasteiger partial charge in [0.1, 0.15) is 0 Å². The second-order valence-electron chi connectivity index (χ2n) is 7.51. The molecule has 5 nitrogen and oxygen atoms in total. The Labute approximate surface area is 167 Å². The van der Waals surface area contributed by atoms with Gasteiger partial charge in [-0.25, -0.2) is 8.42 Å². The molecule has 0 saturated carbocycles. The lowest BCUT2D eigenvalue weighted by molar-refractivity contribution is 0.0741. The van der Waals surface area contributed by atoms with E-state index in [4.69, 9.17) is 0 Å². The number of carbonyl (C=O) groups excluding carboxylic acids is 1. The number of hydrogen-bond donors (Lipinski definition) is 1. The van der Waals surface area contributed by atoms with Crippen LogP contribution in [-0.2, 0) is 10.0 Å². The van der Waals surface area contributed by atoms with Crippen molar-refractivity contribution >= 4 is 21.6 Å². The molecule has 3 rings (SSSR count). The van der Waals surface area contributed by atoms with Gasteiger partial charge in [0.05, 0.1) is 4.90 Å². The Kier molecular flexibility index (Phi) is 6.39. The van der Waals surface area contributed by atoms with Crippen LogP contribution in [0.4, 0.5) is 5.69 Å². The number of nitrogens with zero attached hydrogens (tertiary/aromatic N) is 1. The SMILES string of the molecule is Cc1cccc(NS(=O)(=O)c2ccc(C)c(C(=O)N3CCCCCCC3)c2)c1. The summed E-state index contributed by atoms with van der Waals surface area (Å²) in [5.41, 5.74) is 2.74. The molecular weight excluding hydrogens is 372 g/mol. The summed E-state index contributed by atoms with van der Waals surface area (Å²) in [6.45, 7) is 5.22. The number of hydrogen-bond acceptors (Lipinski definition) is 3. The van der Waals surface area contributed by atoms with E-state index in [0.717, 1.165) is 49.9 Å². The van der Waals surface area contributed by atoms with Crippen LogP contribution < -0.4 is 4.72 Å². The summed E-state index contributed by atoms with van der Waals surface area (Å²) in [7, 11) is -3.77. The van der Waals surface area contributed by atoms with E-state index in [1.54, 1.807) is 30.3 Å². The highest BCUT2D eigenvalue weighted by Crippen LogP contribution is 2.22. The summed E-state index contributed by atoms with van der Waals surface area (Å²) in [6.07, 6.45) is 5.49. The van der Waals surface area contributed by atoms with Crippen LogP contribution in [0.1, 0.15) is 53.6 Å². The molecule has 1 aliphatic rings. The van der Waals surface area contributed by atoms with Crippen molar-refractivity contribution in [2.45, 2.75) is 50.8 Å². The molecule has 1 amide bonds. The third-order valence-electron chi connectivity index (χ3n) is 5.16. The van der Waals surface area contributed by atoms with Crippen LogP contribution in [0.3, 0.4) is 0 Å². The Hall–Kier alpha value is -2.34. The first-order chi connectivity index (χ1) is 13.4. The zero-order chi connectivity index (χ0) is 20.1. The maximum atomic E-state index is 13.1. The van der Waals surface area contributed by atoms with Crippen molar-refractivity contribution in [2.24, 2.45) is 0 Å². The second kappa shape index (κ2) is 8.78. The summed E-state index contributed by atoms with van der Waals surface area (Å²) in [5.74, 6) is -0.0768. The van der Waals surface area contributed by atoms with Gasteiger partial charge in [-0.3, -0.25) is 9.52 Å². The highest BCUT2D eigenvalue weighted by molar-refractivity contribution is 7.92. The Morgan fingerprint density at radius 2 is 1.61 bits per heavy atom. The summed E-state index contributed by atoms with van der Waals surface area (Å²) in [6, 6.07) is 12.0. The van der Waals surface area contributed by atoms with Gasteiger partial charge in [-0.2, -0.15) is 0 Å². The minimum atomic E-state index is -3.77. The molecule has 0 aliphatic carbocycles. The Balaban J connectivity index is 1.86. The number of aryl methyl sites for hydroxylation is 2. The molecule has 1 saturated heterocycles. The van der Waals surface area contributed by atoms with Crippen molar-refractivity contribution in [1.29, 1.82) is 0 Å². The number of sulfonamides is 1. The first kappa shape index (κ1) is 20.4. The molecular formula is C22H28N2O3S. The van der Waals surface area contributed by atoms with E-state index in [1.807, 2.05) is 24.8 Å². The average molecular weight is 401 g/mol. The van der Waals surface area contributed by atoms with Crippen molar-refractivity contribution in [1.82, 2.24) is 4.90 Å². The largest absolute Gasteiger partial charge is 0.339 e. The van der Waals surface area contributed by atoms with Crippen LogP contribution in [-0.4, -0.2) is 32.3 Å². The summed E-state index contributed by atoms with van der Waals surface area (Å²) in [4.78, 5) is 15.1. The number of benzene rings is 2. The minimum Gasteiger partial charge on any atom is -0.339 e. The Morgan fingerprint density at radius 1 is 0.929 bits per heavy atom. The van der Waals surface area contributed by atoms with Crippen LogP contribution in [0.2, 0.25) is 0 Å². The Morgan fingerprint density at radius 3 is 2.29 bits per heavy atom. The first-order valence-electron chi connectivity index (χ1n) is 9.86. The first-order valence-corrected chi connectivity index (χ1v) is 11.3. The van der Waals surface area contributed by atoms with Crippen LogP contribution in [0, 0.1) is 13.8 Å². The number of carbonyl (C=O) groups is 1. The monoisotopic (exact) mass is 400 g/mol.